The molecule has 66 valence electrons. The van der Waals surface area contributed by atoms with Crippen LogP contribution in [0.3, 0.4) is 0 Å². The normalized spacial score (nSPS) is 39.0. The molecule has 1 aliphatic heterocycles. The smallest absolute Gasteiger partial charge is 0.108 e. The second-order valence-electron chi connectivity index (χ2n) is 4.16. The van der Waals surface area contributed by atoms with Gasteiger partial charge in [0.25, 0.3) is 0 Å². The molecule has 0 amide bonds. The lowest BCUT2D eigenvalue weighted by Gasteiger charge is -2.45. The molecule has 0 unspecified atom stereocenters. The first-order chi connectivity index (χ1) is 4.93. The average molecular weight is 157 g/mol. The minimum atomic E-state index is 0.0475. The predicted octanol–water partition coefficient (Wildman–Crippen LogP) is 1.71. The van der Waals surface area contributed by atoms with Gasteiger partial charge in [0.1, 0.15) is 6.23 Å². The Balaban J connectivity index is 2.63. The first kappa shape index (κ1) is 9.01. The number of hydrogen-bond acceptors (Lipinski definition) is 2. The molecule has 1 rings (SSSR count). The second kappa shape index (κ2) is 2.76. The van der Waals surface area contributed by atoms with Crippen LogP contribution in [0, 0.1) is 5.92 Å². The topological polar surface area (TPSA) is 12.5 Å². The van der Waals surface area contributed by atoms with Crippen molar-refractivity contribution in [1.29, 1.82) is 0 Å². The average Bonchev–Trinajstić information content (AvgIpc) is 1.83. The highest BCUT2D eigenvalue weighted by molar-refractivity contribution is 4.83. The summed E-state index contributed by atoms with van der Waals surface area (Å²) in [6.07, 6.45) is 0.265. The van der Waals surface area contributed by atoms with Gasteiger partial charge in [-0.1, -0.05) is 6.92 Å². The van der Waals surface area contributed by atoms with E-state index in [1.807, 2.05) is 0 Å². The summed E-state index contributed by atoms with van der Waals surface area (Å²) in [4.78, 5) is 2.25. The number of hydrogen-bond donors (Lipinski definition) is 0. The zero-order valence-electron chi connectivity index (χ0n) is 8.22. The van der Waals surface area contributed by atoms with Crippen LogP contribution < -0.4 is 0 Å². The van der Waals surface area contributed by atoms with Crippen molar-refractivity contribution in [2.75, 3.05) is 13.6 Å². The van der Waals surface area contributed by atoms with Crippen molar-refractivity contribution in [3.8, 4) is 0 Å². The van der Waals surface area contributed by atoms with Crippen LogP contribution in [0.1, 0.15) is 27.7 Å². The Morgan fingerprint density at radius 1 is 1.36 bits per heavy atom. The molecule has 0 aromatic carbocycles. The van der Waals surface area contributed by atoms with E-state index in [1.54, 1.807) is 0 Å². The summed E-state index contributed by atoms with van der Waals surface area (Å²) in [6.45, 7) is 9.81. The molecule has 1 fully saturated rings. The third-order valence-corrected chi connectivity index (χ3v) is 2.84. The van der Waals surface area contributed by atoms with E-state index in [0.717, 1.165) is 6.54 Å². The van der Waals surface area contributed by atoms with Crippen molar-refractivity contribution >= 4 is 0 Å². The highest BCUT2D eigenvalue weighted by Crippen LogP contribution is 2.28. The predicted molar refractivity (Wildman–Crippen MR) is 46.4 cm³/mol. The molecule has 0 aliphatic carbocycles. The third-order valence-electron chi connectivity index (χ3n) is 2.84. The van der Waals surface area contributed by atoms with Crippen molar-refractivity contribution in [1.82, 2.24) is 4.90 Å². The first-order valence-corrected chi connectivity index (χ1v) is 4.31. The highest BCUT2D eigenvalue weighted by Gasteiger charge is 2.35. The molecular weight excluding hydrogens is 138 g/mol. The largest absolute Gasteiger partial charge is 0.357 e. The molecule has 0 spiro atoms. The van der Waals surface area contributed by atoms with E-state index in [4.69, 9.17) is 4.74 Å². The SMILES string of the molecule is C[C@@H]1OC(C)(C)[C@@H](C)CN1C. The minimum Gasteiger partial charge on any atom is -0.357 e. The van der Waals surface area contributed by atoms with Crippen LogP contribution >= 0.6 is 0 Å². The Labute approximate surface area is 69.5 Å². The Hall–Kier alpha value is -0.0800. The van der Waals surface area contributed by atoms with Gasteiger partial charge in [-0.15, -0.1) is 0 Å². The van der Waals surface area contributed by atoms with E-state index < -0.39 is 0 Å². The molecule has 2 heteroatoms. The van der Waals surface area contributed by atoms with E-state index in [2.05, 4.69) is 39.6 Å². The molecule has 0 aromatic rings. The summed E-state index contributed by atoms with van der Waals surface area (Å²) >= 11 is 0. The molecule has 0 bridgehead atoms. The van der Waals surface area contributed by atoms with Crippen LogP contribution in [-0.4, -0.2) is 30.3 Å². The molecule has 1 saturated heterocycles. The first-order valence-electron chi connectivity index (χ1n) is 4.31. The fraction of sp³-hybridized carbons (Fsp3) is 1.00. The summed E-state index contributed by atoms with van der Waals surface area (Å²) < 4.78 is 5.82. The van der Waals surface area contributed by atoms with Crippen LogP contribution in [0.15, 0.2) is 0 Å². The molecule has 1 aliphatic rings. The summed E-state index contributed by atoms with van der Waals surface area (Å²) in [7, 11) is 2.11. The summed E-state index contributed by atoms with van der Waals surface area (Å²) in [5.74, 6) is 0.615. The van der Waals surface area contributed by atoms with Gasteiger partial charge < -0.3 is 4.74 Å². The van der Waals surface area contributed by atoms with Crippen molar-refractivity contribution in [2.24, 2.45) is 5.92 Å². The lowest BCUT2D eigenvalue weighted by molar-refractivity contribution is -0.191. The van der Waals surface area contributed by atoms with Gasteiger partial charge in [0.2, 0.25) is 0 Å². The zero-order chi connectivity index (χ0) is 8.65. The Morgan fingerprint density at radius 2 is 1.91 bits per heavy atom. The van der Waals surface area contributed by atoms with Gasteiger partial charge in [0.05, 0.1) is 5.60 Å². The molecule has 11 heavy (non-hydrogen) atoms. The molecule has 0 aromatic heterocycles. The van der Waals surface area contributed by atoms with Crippen molar-refractivity contribution in [2.45, 2.75) is 39.5 Å². The molecule has 1 heterocycles. The molecule has 2 nitrogen and oxygen atoms in total. The minimum absolute atomic E-state index is 0.0475. The Bertz CT molecular complexity index is 144. The summed E-state index contributed by atoms with van der Waals surface area (Å²) in [5, 5.41) is 0. The van der Waals surface area contributed by atoms with Gasteiger partial charge in [-0.05, 0) is 33.7 Å². The Kier molecular flexibility index (Phi) is 2.26. The lowest BCUT2D eigenvalue weighted by Crippen LogP contribution is -2.52. The number of rotatable bonds is 0. The van der Waals surface area contributed by atoms with E-state index in [9.17, 15) is 0 Å². The third kappa shape index (κ3) is 1.74. The molecule has 0 N–H and O–H groups in total. The number of nitrogens with zero attached hydrogens (tertiary/aromatic N) is 1. The summed E-state index contributed by atoms with van der Waals surface area (Å²) in [5.41, 5.74) is 0.0475. The van der Waals surface area contributed by atoms with Crippen molar-refractivity contribution in [3.05, 3.63) is 0 Å². The quantitative estimate of drug-likeness (QED) is 0.531. The van der Waals surface area contributed by atoms with Crippen LogP contribution in [0.2, 0.25) is 0 Å². The maximum Gasteiger partial charge on any atom is 0.108 e. The van der Waals surface area contributed by atoms with E-state index in [1.165, 1.54) is 0 Å². The van der Waals surface area contributed by atoms with Gasteiger partial charge in [-0.25, -0.2) is 0 Å². The zero-order valence-corrected chi connectivity index (χ0v) is 8.22. The van der Waals surface area contributed by atoms with Crippen molar-refractivity contribution < 1.29 is 4.74 Å². The highest BCUT2D eigenvalue weighted by atomic mass is 16.5. The van der Waals surface area contributed by atoms with Crippen LogP contribution in [-0.2, 0) is 4.74 Å². The summed E-state index contributed by atoms with van der Waals surface area (Å²) in [6, 6.07) is 0. The maximum absolute atomic E-state index is 5.82. The number of ether oxygens (including phenoxy) is 1. The van der Waals surface area contributed by atoms with E-state index in [-0.39, 0.29) is 11.8 Å². The van der Waals surface area contributed by atoms with Crippen LogP contribution in [0.25, 0.3) is 0 Å². The lowest BCUT2D eigenvalue weighted by atomic mass is 9.90. The van der Waals surface area contributed by atoms with Crippen molar-refractivity contribution in [3.63, 3.8) is 0 Å². The van der Waals surface area contributed by atoms with Crippen LogP contribution in [0.5, 0.6) is 0 Å². The molecular formula is C9H19NO. The fourth-order valence-electron chi connectivity index (χ4n) is 1.45. The van der Waals surface area contributed by atoms with E-state index >= 15 is 0 Å². The van der Waals surface area contributed by atoms with Gasteiger partial charge in [-0.3, -0.25) is 4.90 Å². The van der Waals surface area contributed by atoms with Gasteiger partial charge in [0.15, 0.2) is 0 Å². The van der Waals surface area contributed by atoms with E-state index in [0.29, 0.717) is 5.92 Å². The molecule has 2 atom stereocenters. The maximum atomic E-state index is 5.82. The monoisotopic (exact) mass is 157 g/mol. The molecule has 0 radical (unpaired) electrons. The van der Waals surface area contributed by atoms with Gasteiger partial charge >= 0.3 is 0 Å². The standard InChI is InChI=1S/C9H19NO/c1-7-6-10(5)8(2)11-9(7,3)4/h7-8H,6H2,1-5H3/t7-,8-/m0/s1. The fourth-order valence-corrected chi connectivity index (χ4v) is 1.45. The second-order valence-corrected chi connectivity index (χ2v) is 4.16. The molecule has 0 saturated carbocycles. The Morgan fingerprint density at radius 3 is 2.36 bits per heavy atom. The van der Waals surface area contributed by atoms with Gasteiger partial charge in [0, 0.05) is 6.54 Å². The van der Waals surface area contributed by atoms with Gasteiger partial charge in [-0.2, -0.15) is 0 Å². The van der Waals surface area contributed by atoms with Crippen LogP contribution in [0.4, 0.5) is 0 Å².